The summed E-state index contributed by atoms with van der Waals surface area (Å²) in [6.45, 7) is 5.45. The van der Waals surface area contributed by atoms with Crippen molar-refractivity contribution in [1.29, 1.82) is 0 Å². The number of hydrogen-bond acceptors (Lipinski definition) is 3. The van der Waals surface area contributed by atoms with Crippen LogP contribution in [-0.2, 0) is 0 Å². The van der Waals surface area contributed by atoms with E-state index in [1.807, 2.05) is 18.3 Å². The molecule has 0 spiro atoms. The molecule has 4 heteroatoms. The van der Waals surface area contributed by atoms with Gasteiger partial charge in [0.2, 0.25) is 0 Å². The standard InChI is InChI=1S/C11H17BrN2S/c1-3-9(2)13-6-7-15-11-5-4-10(12)8-14-11/h4-5,8-9,13H,3,6-7H2,1-2H3. The first kappa shape index (κ1) is 13.0. The average Bonchev–Trinajstić information content (AvgIpc) is 2.26. The Labute approximate surface area is 104 Å². The van der Waals surface area contributed by atoms with Crippen LogP contribution in [0, 0.1) is 0 Å². The van der Waals surface area contributed by atoms with Crippen LogP contribution in [0.4, 0.5) is 0 Å². The highest BCUT2D eigenvalue weighted by molar-refractivity contribution is 9.10. The minimum atomic E-state index is 0.614. The SMILES string of the molecule is CCC(C)NCCSc1ccc(Br)cn1. The Bertz CT molecular complexity index is 276. The number of rotatable bonds is 6. The molecule has 84 valence electrons. The van der Waals surface area contributed by atoms with E-state index in [1.54, 1.807) is 11.8 Å². The van der Waals surface area contributed by atoms with E-state index < -0.39 is 0 Å². The Hall–Kier alpha value is -0.0600. The lowest BCUT2D eigenvalue weighted by molar-refractivity contribution is 0.555. The van der Waals surface area contributed by atoms with Crippen LogP contribution in [0.3, 0.4) is 0 Å². The molecule has 1 heterocycles. The van der Waals surface area contributed by atoms with Gasteiger partial charge in [-0.15, -0.1) is 11.8 Å². The molecular weight excluding hydrogens is 272 g/mol. The molecule has 15 heavy (non-hydrogen) atoms. The van der Waals surface area contributed by atoms with E-state index in [9.17, 15) is 0 Å². The van der Waals surface area contributed by atoms with Gasteiger partial charge in [-0.25, -0.2) is 4.98 Å². The number of halogens is 1. The topological polar surface area (TPSA) is 24.9 Å². The molecule has 2 nitrogen and oxygen atoms in total. The predicted octanol–water partition coefficient (Wildman–Crippen LogP) is 3.32. The van der Waals surface area contributed by atoms with Crippen LogP contribution in [0.2, 0.25) is 0 Å². The first-order valence-electron chi connectivity index (χ1n) is 5.20. The van der Waals surface area contributed by atoms with Crippen molar-refractivity contribution in [3.8, 4) is 0 Å². The van der Waals surface area contributed by atoms with E-state index in [2.05, 4.69) is 40.1 Å². The zero-order chi connectivity index (χ0) is 11.1. The summed E-state index contributed by atoms with van der Waals surface area (Å²) in [5.74, 6) is 1.07. The molecule has 0 radical (unpaired) electrons. The van der Waals surface area contributed by atoms with Gasteiger partial charge in [0.1, 0.15) is 0 Å². The van der Waals surface area contributed by atoms with Gasteiger partial charge in [0.25, 0.3) is 0 Å². The Kier molecular flexibility index (Phi) is 6.29. The van der Waals surface area contributed by atoms with Gasteiger partial charge >= 0.3 is 0 Å². The molecule has 0 aliphatic rings. The normalized spacial score (nSPS) is 12.7. The van der Waals surface area contributed by atoms with Gasteiger partial charge in [-0.2, -0.15) is 0 Å². The summed E-state index contributed by atoms with van der Waals surface area (Å²) in [6, 6.07) is 4.68. The molecule has 1 aromatic rings. The summed E-state index contributed by atoms with van der Waals surface area (Å²) >= 11 is 5.16. The second-order valence-corrected chi connectivity index (χ2v) is 5.46. The van der Waals surface area contributed by atoms with Crippen molar-refractivity contribution >= 4 is 27.7 Å². The second-order valence-electron chi connectivity index (χ2n) is 3.43. The fraction of sp³-hybridized carbons (Fsp3) is 0.545. The molecule has 0 aliphatic carbocycles. The molecule has 0 amide bonds. The number of aromatic nitrogens is 1. The van der Waals surface area contributed by atoms with Crippen molar-refractivity contribution in [1.82, 2.24) is 10.3 Å². The molecule has 1 N–H and O–H groups in total. The molecule has 1 aromatic heterocycles. The Morgan fingerprint density at radius 3 is 2.93 bits per heavy atom. The van der Waals surface area contributed by atoms with Crippen LogP contribution >= 0.6 is 27.7 Å². The molecule has 0 aromatic carbocycles. The summed E-state index contributed by atoms with van der Waals surface area (Å²) in [6.07, 6.45) is 3.02. The van der Waals surface area contributed by atoms with E-state index in [0.29, 0.717) is 6.04 Å². The van der Waals surface area contributed by atoms with Crippen molar-refractivity contribution in [3.63, 3.8) is 0 Å². The van der Waals surface area contributed by atoms with Crippen LogP contribution in [-0.4, -0.2) is 23.3 Å². The number of thioether (sulfide) groups is 1. The van der Waals surface area contributed by atoms with Gasteiger partial charge in [-0.05, 0) is 41.4 Å². The third kappa shape index (κ3) is 5.54. The van der Waals surface area contributed by atoms with E-state index >= 15 is 0 Å². The number of hydrogen-bond donors (Lipinski definition) is 1. The molecule has 0 aliphatic heterocycles. The lowest BCUT2D eigenvalue weighted by Crippen LogP contribution is -2.27. The molecule has 1 rings (SSSR count). The maximum Gasteiger partial charge on any atom is 0.0961 e. The lowest BCUT2D eigenvalue weighted by atomic mass is 10.3. The van der Waals surface area contributed by atoms with Gasteiger partial charge in [0, 0.05) is 29.0 Å². The highest BCUT2D eigenvalue weighted by atomic mass is 79.9. The monoisotopic (exact) mass is 288 g/mol. The predicted molar refractivity (Wildman–Crippen MR) is 70.4 cm³/mol. The molecule has 0 saturated carbocycles. The van der Waals surface area contributed by atoms with Crippen molar-refractivity contribution in [3.05, 3.63) is 22.8 Å². The Morgan fingerprint density at radius 1 is 1.53 bits per heavy atom. The first-order valence-corrected chi connectivity index (χ1v) is 6.98. The van der Waals surface area contributed by atoms with E-state index in [0.717, 1.165) is 21.8 Å². The molecule has 0 fully saturated rings. The van der Waals surface area contributed by atoms with Crippen LogP contribution in [0.15, 0.2) is 27.8 Å². The third-order valence-corrected chi connectivity index (χ3v) is 3.57. The van der Waals surface area contributed by atoms with E-state index in [1.165, 1.54) is 6.42 Å². The van der Waals surface area contributed by atoms with Crippen LogP contribution in [0.5, 0.6) is 0 Å². The van der Waals surface area contributed by atoms with Crippen LogP contribution < -0.4 is 5.32 Å². The van der Waals surface area contributed by atoms with Crippen molar-refractivity contribution < 1.29 is 0 Å². The molecule has 0 bridgehead atoms. The van der Waals surface area contributed by atoms with Crippen LogP contribution in [0.25, 0.3) is 0 Å². The maximum absolute atomic E-state index is 4.30. The smallest absolute Gasteiger partial charge is 0.0961 e. The van der Waals surface area contributed by atoms with Crippen molar-refractivity contribution in [2.75, 3.05) is 12.3 Å². The minimum absolute atomic E-state index is 0.614. The molecule has 0 saturated heterocycles. The fourth-order valence-electron chi connectivity index (χ4n) is 1.05. The maximum atomic E-state index is 4.30. The highest BCUT2D eigenvalue weighted by Crippen LogP contribution is 2.16. The average molecular weight is 289 g/mol. The summed E-state index contributed by atoms with van der Waals surface area (Å²) in [5.41, 5.74) is 0. The highest BCUT2D eigenvalue weighted by Gasteiger charge is 1.98. The summed E-state index contributed by atoms with van der Waals surface area (Å²) in [4.78, 5) is 4.30. The van der Waals surface area contributed by atoms with Gasteiger partial charge in [0.15, 0.2) is 0 Å². The summed E-state index contributed by atoms with van der Waals surface area (Å²) in [5, 5.41) is 4.54. The molecule has 1 atom stereocenters. The Morgan fingerprint density at radius 2 is 2.33 bits per heavy atom. The lowest BCUT2D eigenvalue weighted by Gasteiger charge is -2.10. The van der Waals surface area contributed by atoms with Gasteiger partial charge < -0.3 is 5.32 Å². The summed E-state index contributed by atoms with van der Waals surface area (Å²) in [7, 11) is 0. The second kappa shape index (κ2) is 7.25. The van der Waals surface area contributed by atoms with E-state index in [-0.39, 0.29) is 0 Å². The zero-order valence-electron chi connectivity index (χ0n) is 9.16. The largest absolute Gasteiger partial charge is 0.313 e. The van der Waals surface area contributed by atoms with Crippen molar-refractivity contribution in [2.45, 2.75) is 31.3 Å². The number of pyridine rings is 1. The van der Waals surface area contributed by atoms with Crippen LogP contribution in [0.1, 0.15) is 20.3 Å². The zero-order valence-corrected chi connectivity index (χ0v) is 11.6. The summed E-state index contributed by atoms with van der Waals surface area (Å²) < 4.78 is 1.03. The van der Waals surface area contributed by atoms with Gasteiger partial charge in [0.05, 0.1) is 5.03 Å². The fourth-order valence-corrected chi connectivity index (χ4v) is 2.01. The first-order chi connectivity index (χ1) is 7.22. The molecular formula is C11H17BrN2S. The molecule has 1 unspecified atom stereocenters. The third-order valence-electron chi connectivity index (χ3n) is 2.16. The van der Waals surface area contributed by atoms with Gasteiger partial charge in [-0.1, -0.05) is 6.92 Å². The Balaban J connectivity index is 2.17. The minimum Gasteiger partial charge on any atom is -0.313 e. The number of nitrogens with zero attached hydrogens (tertiary/aromatic N) is 1. The number of nitrogens with one attached hydrogen (secondary N) is 1. The quantitative estimate of drug-likeness (QED) is 0.642. The van der Waals surface area contributed by atoms with Gasteiger partial charge in [-0.3, -0.25) is 0 Å². The van der Waals surface area contributed by atoms with Crippen molar-refractivity contribution in [2.24, 2.45) is 0 Å². The van der Waals surface area contributed by atoms with E-state index in [4.69, 9.17) is 0 Å².